The lowest BCUT2D eigenvalue weighted by Crippen LogP contribution is -2.38. The maximum absolute atomic E-state index is 5.53. The van der Waals surface area contributed by atoms with Crippen LogP contribution in [0.15, 0.2) is 18.2 Å². The van der Waals surface area contributed by atoms with E-state index >= 15 is 0 Å². The van der Waals surface area contributed by atoms with Crippen LogP contribution in [0.5, 0.6) is 11.5 Å². The molecular formula is C18H26N4O3. The van der Waals surface area contributed by atoms with E-state index in [1.165, 1.54) is 0 Å². The third-order valence-corrected chi connectivity index (χ3v) is 4.76. The van der Waals surface area contributed by atoms with Gasteiger partial charge in [0.2, 0.25) is 5.95 Å². The first-order valence-corrected chi connectivity index (χ1v) is 8.65. The van der Waals surface area contributed by atoms with Gasteiger partial charge in [-0.3, -0.25) is 4.57 Å². The van der Waals surface area contributed by atoms with Gasteiger partial charge in [0.05, 0.1) is 25.9 Å². The Kier molecular flexibility index (Phi) is 5.43. The molecule has 1 saturated heterocycles. The van der Waals surface area contributed by atoms with E-state index in [0.29, 0.717) is 6.10 Å². The molecule has 7 nitrogen and oxygen atoms in total. The number of hydrogen-bond acceptors (Lipinski definition) is 6. The summed E-state index contributed by atoms with van der Waals surface area (Å²) in [5, 5.41) is 8.92. The molecule has 0 bridgehead atoms. The van der Waals surface area contributed by atoms with Gasteiger partial charge in [0.25, 0.3) is 0 Å². The zero-order valence-corrected chi connectivity index (χ0v) is 15.4. The monoisotopic (exact) mass is 346 g/mol. The summed E-state index contributed by atoms with van der Waals surface area (Å²) in [6.45, 7) is 4.75. The second kappa shape index (κ2) is 7.74. The van der Waals surface area contributed by atoms with Crippen LogP contribution in [-0.2, 0) is 11.3 Å². The topological polar surface area (TPSA) is 61.6 Å². The van der Waals surface area contributed by atoms with Crippen LogP contribution in [0, 0.1) is 0 Å². The van der Waals surface area contributed by atoms with Crippen molar-refractivity contribution in [3.63, 3.8) is 0 Å². The molecule has 3 rings (SSSR count). The molecule has 1 aromatic carbocycles. The molecule has 1 aliphatic heterocycles. The van der Waals surface area contributed by atoms with E-state index in [-0.39, 0.29) is 0 Å². The van der Waals surface area contributed by atoms with Crippen molar-refractivity contribution in [1.29, 1.82) is 0 Å². The second-order valence-corrected chi connectivity index (χ2v) is 6.06. The van der Waals surface area contributed by atoms with E-state index in [1.54, 1.807) is 21.3 Å². The Morgan fingerprint density at radius 2 is 1.84 bits per heavy atom. The summed E-state index contributed by atoms with van der Waals surface area (Å²) in [6.07, 6.45) is 2.36. The zero-order valence-electron chi connectivity index (χ0n) is 15.4. The molecule has 1 fully saturated rings. The van der Waals surface area contributed by atoms with Crippen LogP contribution in [0.3, 0.4) is 0 Å². The molecule has 7 heteroatoms. The third kappa shape index (κ3) is 3.42. The molecule has 2 aromatic rings. The van der Waals surface area contributed by atoms with Crippen molar-refractivity contribution in [3.05, 3.63) is 18.2 Å². The molecule has 0 radical (unpaired) electrons. The number of methoxy groups -OCH3 is 3. The summed E-state index contributed by atoms with van der Waals surface area (Å²) in [6, 6.07) is 5.75. The van der Waals surface area contributed by atoms with E-state index < -0.39 is 0 Å². The number of nitrogens with zero attached hydrogens (tertiary/aromatic N) is 4. The number of benzene rings is 1. The van der Waals surface area contributed by atoms with Crippen LogP contribution >= 0.6 is 0 Å². The summed E-state index contributed by atoms with van der Waals surface area (Å²) in [5.41, 5.74) is 0.913. The van der Waals surface area contributed by atoms with E-state index in [2.05, 4.69) is 26.6 Å². The number of aromatic nitrogens is 3. The molecule has 0 aliphatic carbocycles. The van der Waals surface area contributed by atoms with Gasteiger partial charge in [0.1, 0.15) is 11.5 Å². The number of ether oxygens (including phenoxy) is 3. The highest BCUT2D eigenvalue weighted by molar-refractivity contribution is 5.67. The van der Waals surface area contributed by atoms with Crippen LogP contribution < -0.4 is 14.4 Å². The van der Waals surface area contributed by atoms with E-state index in [4.69, 9.17) is 14.2 Å². The van der Waals surface area contributed by atoms with Crippen molar-refractivity contribution in [2.45, 2.75) is 32.4 Å². The molecule has 1 aromatic heterocycles. The predicted octanol–water partition coefficient (Wildman–Crippen LogP) is 2.60. The fourth-order valence-corrected chi connectivity index (χ4v) is 3.29. The highest BCUT2D eigenvalue weighted by atomic mass is 16.5. The van der Waals surface area contributed by atoms with Gasteiger partial charge >= 0.3 is 0 Å². The fourth-order valence-electron chi connectivity index (χ4n) is 3.29. The van der Waals surface area contributed by atoms with Gasteiger partial charge < -0.3 is 19.1 Å². The summed E-state index contributed by atoms with van der Waals surface area (Å²) >= 11 is 0. The molecule has 0 atom stereocenters. The highest BCUT2D eigenvalue weighted by Crippen LogP contribution is 2.34. The summed E-state index contributed by atoms with van der Waals surface area (Å²) in [7, 11) is 5.08. The number of hydrogen-bond donors (Lipinski definition) is 0. The van der Waals surface area contributed by atoms with Gasteiger partial charge in [-0.25, -0.2) is 0 Å². The van der Waals surface area contributed by atoms with Gasteiger partial charge in [0, 0.05) is 32.8 Å². The maximum atomic E-state index is 5.53. The van der Waals surface area contributed by atoms with Crippen LogP contribution in [0.2, 0.25) is 0 Å². The Morgan fingerprint density at radius 1 is 1.08 bits per heavy atom. The predicted molar refractivity (Wildman–Crippen MR) is 96.5 cm³/mol. The average molecular weight is 346 g/mol. The molecular weight excluding hydrogens is 320 g/mol. The molecule has 0 unspecified atom stereocenters. The highest BCUT2D eigenvalue weighted by Gasteiger charge is 2.25. The van der Waals surface area contributed by atoms with Crippen LogP contribution in [0.1, 0.15) is 19.8 Å². The van der Waals surface area contributed by atoms with E-state index in [0.717, 1.165) is 61.3 Å². The first-order valence-electron chi connectivity index (χ1n) is 8.65. The molecule has 0 N–H and O–H groups in total. The van der Waals surface area contributed by atoms with E-state index in [1.807, 2.05) is 18.2 Å². The molecule has 0 spiro atoms. The Labute approximate surface area is 148 Å². The average Bonchev–Trinajstić information content (AvgIpc) is 3.11. The van der Waals surface area contributed by atoms with Crippen LogP contribution in [0.4, 0.5) is 5.95 Å². The quantitative estimate of drug-likeness (QED) is 0.801. The zero-order chi connectivity index (χ0) is 17.8. The maximum Gasteiger partial charge on any atom is 0.227 e. The number of piperidine rings is 1. The summed E-state index contributed by atoms with van der Waals surface area (Å²) < 4.78 is 18.4. The van der Waals surface area contributed by atoms with Crippen molar-refractivity contribution in [2.24, 2.45) is 0 Å². The minimum absolute atomic E-state index is 0.343. The first-order chi connectivity index (χ1) is 12.2. The Hall–Kier alpha value is -2.28. The normalized spacial score (nSPS) is 15.4. The second-order valence-electron chi connectivity index (χ2n) is 6.06. The lowest BCUT2D eigenvalue weighted by molar-refractivity contribution is 0.0815. The summed E-state index contributed by atoms with van der Waals surface area (Å²) in [4.78, 5) is 2.28. The van der Waals surface area contributed by atoms with Crippen molar-refractivity contribution < 1.29 is 14.2 Å². The lowest BCUT2D eigenvalue weighted by atomic mass is 10.1. The Bertz CT molecular complexity index is 708. The third-order valence-electron chi connectivity index (χ3n) is 4.76. The standard InChI is InChI=1S/C18H26N4O3/c1-5-22-17(15-7-6-14(24-3)12-16(15)25-4)19-20-18(22)21-10-8-13(23-2)9-11-21/h6-7,12-13H,5,8-11H2,1-4H3. The smallest absolute Gasteiger partial charge is 0.227 e. The van der Waals surface area contributed by atoms with Gasteiger partial charge in [-0.05, 0) is 31.9 Å². The lowest BCUT2D eigenvalue weighted by Gasteiger charge is -2.31. The number of anilines is 1. The van der Waals surface area contributed by atoms with E-state index in [9.17, 15) is 0 Å². The Morgan fingerprint density at radius 3 is 2.44 bits per heavy atom. The van der Waals surface area contributed by atoms with Crippen molar-refractivity contribution in [1.82, 2.24) is 14.8 Å². The minimum atomic E-state index is 0.343. The van der Waals surface area contributed by atoms with Crippen LogP contribution in [0.25, 0.3) is 11.4 Å². The van der Waals surface area contributed by atoms with Crippen molar-refractivity contribution in [3.8, 4) is 22.9 Å². The summed E-state index contributed by atoms with van der Waals surface area (Å²) in [5.74, 6) is 3.20. The van der Waals surface area contributed by atoms with Gasteiger partial charge in [0.15, 0.2) is 5.82 Å². The molecule has 25 heavy (non-hydrogen) atoms. The number of rotatable bonds is 6. The fraction of sp³-hybridized carbons (Fsp3) is 0.556. The van der Waals surface area contributed by atoms with Crippen LogP contribution in [-0.4, -0.2) is 55.3 Å². The molecule has 2 heterocycles. The first kappa shape index (κ1) is 17.5. The molecule has 1 aliphatic rings. The van der Waals surface area contributed by atoms with Gasteiger partial charge in [-0.15, -0.1) is 10.2 Å². The minimum Gasteiger partial charge on any atom is -0.497 e. The molecule has 0 amide bonds. The molecule has 0 saturated carbocycles. The van der Waals surface area contributed by atoms with Crippen molar-refractivity contribution in [2.75, 3.05) is 39.3 Å². The van der Waals surface area contributed by atoms with Gasteiger partial charge in [-0.2, -0.15) is 0 Å². The molecule has 136 valence electrons. The SMILES string of the molecule is CCn1c(-c2ccc(OC)cc2OC)nnc1N1CCC(OC)CC1. The Balaban J connectivity index is 1.93. The van der Waals surface area contributed by atoms with Crippen molar-refractivity contribution >= 4 is 5.95 Å². The largest absolute Gasteiger partial charge is 0.497 e. The van der Waals surface area contributed by atoms with Gasteiger partial charge in [-0.1, -0.05) is 0 Å².